The summed E-state index contributed by atoms with van der Waals surface area (Å²) in [6.45, 7) is 1.15. The molecule has 100 valence electrons. The van der Waals surface area contributed by atoms with Gasteiger partial charge in [0.15, 0.2) is 0 Å². The Labute approximate surface area is 109 Å². The first kappa shape index (κ1) is 12.2. The Kier molecular flexibility index (Phi) is 3.39. The Morgan fingerprint density at radius 3 is 2.67 bits per heavy atom. The van der Waals surface area contributed by atoms with E-state index in [-0.39, 0.29) is 0 Å². The summed E-state index contributed by atoms with van der Waals surface area (Å²) in [6, 6.07) is 1.89. The highest BCUT2D eigenvalue weighted by molar-refractivity contribution is 4.97. The van der Waals surface area contributed by atoms with Crippen LogP contribution >= 0.6 is 0 Å². The Morgan fingerprint density at radius 2 is 2.06 bits per heavy atom. The highest BCUT2D eigenvalue weighted by Gasteiger charge is 2.36. The summed E-state index contributed by atoms with van der Waals surface area (Å²) in [7, 11) is 2.08. The Hall–Kier alpha value is -0.870. The maximum Gasteiger partial charge on any atom is 0.109 e. The van der Waals surface area contributed by atoms with Crippen molar-refractivity contribution in [1.82, 2.24) is 14.5 Å². The molecule has 0 aliphatic carbocycles. The van der Waals surface area contributed by atoms with Crippen molar-refractivity contribution in [3.8, 4) is 0 Å². The molecule has 0 spiro atoms. The Bertz CT molecular complexity index is 386. The zero-order chi connectivity index (χ0) is 12.5. The molecular weight excluding hydrogens is 224 g/mol. The van der Waals surface area contributed by atoms with E-state index in [0.717, 1.165) is 25.0 Å². The van der Waals surface area contributed by atoms with Gasteiger partial charge >= 0.3 is 0 Å². The lowest BCUT2D eigenvalue weighted by Crippen LogP contribution is -2.55. The molecule has 2 fully saturated rings. The summed E-state index contributed by atoms with van der Waals surface area (Å²) in [6.07, 6.45) is 11.4. The van der Waals surface area contributed by atoms with Crippen LogP contribution < -0.4 is 5.73 Å². The van der Waals surface area contributed by atoms with Crippen LogP contribution in [0.4, 0.5) is 0 Å². The van der Waals surface area contributed by atoms with Crippen LogP contribution in [0, 0.1) is 0 Å². The van der Waals surface area contributed by atoms with Gasteiger partial charge in [-0.2, -0.15) is 0 Å². The lowest BCUT2D eigenvalue weighted by molar-refractivity contribution is 0.0322. The zero-order valence-electron chi connectivity index (χ0n) is 11.3. The van der Waals surface area contributed by atoms with Crippen molar-refractivity contribution in [2.45, 2.75) is 56.7 Å². The highest BCUT2D eigenvalue weighted by Crippen LogP contribution is 2.33. The smallest absolute Gasteiger partial charge is 0.109 e. The second kappa shape index (κ2) is 5.02. The SMILES string of the molecule is Cn1ccnc1CCN1C2CCCC1CC(N)C2. The molecule has 0 amide bonds. The third kappa shape index (κ3) is 2.31. The van der Waals surface area contributed by atoms with Gasteiger partial charge in [-0.05, 0) is 25.7 Å². The molecule has 3 rings (SSSR count). The molecule has 2 atom stereocenters. The fourth-order valence-electron chi connectivity index (χ4n) is 3.75. The van der Waals surface area contributed by atoms with Crippen LogP contribution in [0.15, 0.2) is 12.4 Å². The Morgan fingerprint density at radius 1 is 1.33 bits per heavy atom. The molecule has 0 saturated carbocycles. The summed E-state index contributed by atoms with van der Waals surface area (Å²) in [5.41, 5.74) is 6.16. The molecule has 2 unspecified atom stereocenters. The number of aryl methyl sites for hydroxylation is 1. The summed E-state index contributed by atoms with van der Waals surface area (Å²) >= 11 is 0. The maximum atomic E-state index is 6.16. The maximum absolute atomic E-state index is 6.16. The number of rotatable bonds is 3. The topological polar surface area (TPSA) is 47.1 Å². The van der Waals surface area contributed by atoms with E-state index < -0.39 is 0 Å². The quantitative estimate of drug-likeness (QED) is 0.877. The van der Waals surface area contributed by atoms with Crippen molar-refractivity contribution in [3.05, 3.63) is 18.2 Å². The first-order valence-electron chi connectivity index (χ1n) is 7.21. The molecular formula is C14H24N4. The molecule has 1 aromatic rings. The van der Waals surface area contributed by atoms with Gasteiger partial charge in [-0.15, -0.1) is 0 Å². The van der Waals surface area contributed by atoms with Crippen LogP contribution in [0.1, 0.15) is 37.9 Å². The molecule has 18 heavy (non-hydrogen) atoms. The minimum Gasteiger partial charge on any atom is -0.338 e. The van der Waals surface area contributed by atoms with Crippen molar-refractivity contribution in [1.29, 1.82) is 0 Å². The van der Waals surface area contributed by atoms with Gasteiger partial charge < -0.3 is 10.3 Å². The van der Waals surface area contributed by atoms with E-state index in [1.54, 1.807) is 0 Å². The van der Waals surface area contributed by atoms with Gasteiger partial charge in [0.05, 0.1) is 0 Å². The van der Waals surface area contributed by atoms with Crippen LogP contribution in [0.3, 0.4) is 0 Å². The van der Waals surface area contributed by atoms with Crippen LogP contribution in [0.25, 0.3) is 0 Å². The standard InChI is InChI=1S/C14H24N4/c1-17-8-6-16-14(17)5-7-18-12-3-2-4-13(18)10-11(15)9-12/h6,8,11-13H,2-5,7,9-10,15H2,1H3. The molecule has 2 bridgehead atoms. The van der Waals surface area contributed by atoms with Gasteiger partial charge in [0.1, 0.15) is 5.82 Å². The molecule has 4 heteroatoms. The van der Waals surface area contributed by atoms with Crippen molar-refractivity contribution >= 4 is 0 Å². The third-order valence-electron chi connectivity index (χ3n) is 4.68. The first-order valence-corrected chi connectivity index (χ1v) is 7.21. The van der Waals surface area contributed by atoms with Crippen LogP contribution in [-0.4, -0.2) is 39.1 Å². The molecule has 0 radical (unpaired) electrons. The van der Waals surface area contributed by atoms with Gasteiger partial charge in [0.25, 0.3) is 0 Å². The van der Waals surface area contributed by atoms with E-state index in [1.807, 2.05) is 12.4 Å². The van der Waals surface area contributed by atoms with Crippen LogP contribution in [0.5, 0.6) is 0 Å². The molecule has 2 saturated heterocycles. The number of aromatic nitrogens is 2. The van der Waals surface area contributed by atoms with Crippen molar-refractivity contribution in [3.63, 3.8) is 0 Å². The number of fused-ring (bicyclic) bond motifs is 2. The predicted octanol–water partition coefficient (Wildman–Crippen LogP) is 1.31. The number of piperidine rings is 2. The number of hydrogen-bond acceptors (Lipinski definition) is 3. The van der Waals surface area contributed by atoms with Crippen molar-refractivity contribution in [2.24, 2.45) is 12.8 Å². The second-order valence-corrected chi connectivity index (χ2v) is 5.91. The normalized spacial score (nSPS) is 32.7. The lowest BCUT2D eigenvalue weighted by Gasteiger charge is -2.48. The molecule has 2 N–H and O–H groups in total. The second-order valence-electron chi connectivity index (χ2n) is 5.91. The molecule has 1 aromatic heterocycles. The fraction of sp³-hybridized carbons (Fsp3) is 0.786. The summed E-state index contributed by atoms with van der Waals surface area (Å²) in [5.74, 6) is 1.20. The van der Waals surface area contributed by atoms with E-state index in [0.29, 0.717) is 6.04 Å². The molecule has 4 nitrogen and oxygen atoms in total. The summed E-state index contributed by atoms with van der Waals surface area (Å²) in [5, 5.41) is 0. The van der Waals surface area contributed by atoms with Gasteiger partial charge in [-0.25, -0.2) is 4.98 Å². The average molecular weight is 248 g/mol. The summed E-state index contributed by atoms with van der Waals surface area (Å²) < 4.78 is 2.13. The van der Waals surface area contributed by atoms with E-state index >= 15 is 0 Å². The van der Waals surface area contributed by atoms with Crippen LogP contribution in [0.2, 0.25) is 0 Å². The lowest BCUT2D eigenvalue weighted by atomic mass is 9.82. The largest absolute Gasteiger partial charge is 0.338 e. The minimum absolute atomic E-state index is 0.435. The monoisotopic (exact) mass is 248 g/mol. The minimum atomic E-state index is 0.435. The molecule has 3 heterocycles. The van der Waals surface area contributed by atoms with E-state index in [4.69, 9.17) is 5.73 Å². The van der Waals surface area contributed by atoms with Gasteiger partial charge in [-0.1, -0.05) is 6.42 Å². The number of nitrogens with zero attached hydrogens (tertiary/aromatic N) is 3. The van der Waals surface area contributed by atoms with Crippen molar-refractivity contribution < 1.29 is 0 Å². The molecule has 2 aliphatic heterocycles. The predicted molar refractivity (Wildman–Crippen MR) is 72.3 cm³/mol. The molecule has 0 aromatic carbocycles. The highest BCUT2D eigenvalue weighted by atomic mass is 15.2. The molecule has 2 aliphatic rings. The average Bonchev–Trinajstić information content (AvgIpc) is 2.72. The van der Waals surface area contributed by atoms with Gasteiger partial charge in [0.2, 0.25) is 0 Å². The fourth-order valence-corrected chi connectivity index (χ4v) is 3.75. The van der Waals surface area contributed by atoms with E-state index in [1.165, 1.54) is 37.9 Å². The zero-order valence-corrected chi connectivity index (χ0v) is 11.3. The number of nitrogens with two attached hydrogens (primary N) is 1. The number of hydrogen-bond donors (Lipinski definition) is 1. The van der Waals surface area contributed by atoms with E-state index in [2.05, 4.69) is 21.5 Å². The van der Waals surface area contributed by atoms with E-state index in [9.17, 15) is 0 Å². The van der Waals surface area contributed by atoms with Gasteiger partial charge in [0, 0.05) is 50.5 Å². The third-order valence-corrected chi connectivity index (χ3v) is 4.68. The van der Waals surface area contributed by atoms with Gasteiger partial charge in [-0.3, -0.25) is 4.90 Å². The summed E-state index contributed by atoms with van der Waals surface area (Å²) in [4.78, 5) is 7.13. The van der Waals surface area contributed by atoms with Crippen molar-refractivity contribution in [2.75, 3.05) is 6.54 Å². The van der Waals surface area contributed by atoms with Crippen LogP contribution in [-0.2, 0) is 13.5 Å². The first-order chi connectivity index (χ1) is 8.74. The number of imidazole rings is 1. The Balaban J connectivity index is 1.63.